The lowest BCUT2D eigenvalue weighted by atomic mass is 9.65. The second-order valence-corrected chi connectivity index (χ2v) is 4.54. The third kappa shape index (κ3) is 2.16. The lowest BCUT2D eigenvalue weighted by molar-refractivity contribution is -0.158. The van der Waals surface area contributed by atoms with Crippen LogP contribution >= 0.6 is 0 Å². The lowest BCUT2D eigenvalue weighted by Gasteiger charge is -2.39. The number of halogens is 2. The van der Waals surface area contributed by atoms with Crippen LogP contribution in [0.4, 0.5) is 8.78 Å². The number of hydrogen-bond acceptors (Lipinski definition) is 2. The Morgan fingerprint density at radius 3 is 2.59 bits per heavy atom. The molecule has 0 N–H and O–H groups in total. The first kappa shape index (κ1) is 12.0. The zero-order chi connectivity index (χ0) is 12.5. The van der Waals surface area contributed by atoms with E-state index >= 15 is 0 Å². The summed E-state index contributed by atoms with van der Waals surface area (Å²) in [4.78, 5) is 11.7. The Kier molecular flexibility index (Phi) is 3.13. The zero-order valence-corrected chi connectivity index (χ0v) is 9.63. The highest BCUT2D eigenvalue weighted by Crippen LogP contribution is 2.45. The first-order valence-electron chi connectivity index (χ1n) is 5.60. The van der Waals surface area contributed by atoms with E-state index in [9.17, 15) is 13.6 Å². The highest BCUT2D eigenvalue weighted by atomic mass is 19.1. The van der Waals surface area contributed by atoms with Gasteiger partial charge in [0.2, 0.25) is 0 Å². The van der Waals surface area contributed by atoms with Crippen molar-refractivity contribution >= 4 is 5.97 Å². The summed E-state index contributed by atoms with van der Waals surface area (Å²) in [6.07, 6.45) is 2.64. The molecule has 1 saturated carbocycles. The van der Waals surface area contributed by atoms with E-state index in [1.165, 1.54) is 19.2 Å². The SMILES string of the molecule is COC(=O)C1(Cc2ccc(F)cc2F)CCC1. The molecule has 0 spiro atoms. The van der Waals surface area contributed by atoms with Gasteiger partial charge in [0.05, 0.1) is 12.5 Å². The molecule has 0 bridgehead atoms. The number of benzene rings is 1. The van der Waals surface area contributed by atoms with E-state index in [-0.39, 0.29) is 12.4 Å². The summed E-state index contributed by atoms with van der Waals surface area (Å²) >= 11 is 0. The van der Waals surface area contributed by atoms with Crippen molar-refractivity contribution in [3.8, 4) is 0 Å². The molecule has 0 unspecified atom stereocenters. The van der Waals surface area contributed by atoms with Crippen molar-refractivity contribution in [1.29, 1.82) is 0 Å². The number of carbonyl (C=O) groups is 1. The van der Waals surface area contributed by atoms with Crippen molar-refractivity contribution in [2.75, 3.05) is 7.11 Å². The zero-order valence-electron chi connectivity index (χ0n) is 9.63. The summed E-state index contributed by atoms with van der Waals surface area (Å²) in [5.41, 5.74) is -0.232. The molecule has 0 atom stereocenters. The van der Waals surface area contributed by atoms with Crippen LogP contribution in [0.5, 0.6) is 0 Å². The molecule has 17 heavy (non-hydrogen) atoms. The largest absolute Gasteiger partial charge is 0.469 e. The van der Waals surface area contributed by atoms with Crippen LogP contribution in [0.1, 0.15) is 24.8 Å². The van der Waals surface area contributed by atoms with Gasteiger partial charge in [0, 0.05) is 6.07 Å². The molecule has 1 aliphatic carbocycles. The average molecular weight is 240 g/mol. The summed E-state index contributed by atoms with van der Waals surface area (Å²) in [7, 11) is 1.34. The predicted octanol–water partition coefficient (Wildman–Crippen LogP) is 2.85. The van der Waals surface area contributed by atoms with Gasteiger partial charge in [-0.05, 0) is 30.9 Å². The minimum atomic E-state index is -0.605. The molecule has 0 amide bonds. The Labute approximate surface area is 98.6 Å². The second-order valence-electron chi connectivity index (χ2n) is 4.54. The maximum Gasteiger partial charge on any atom is 0.312 e. The molecule has 1 aromatic carbocycles. The van der Waals surface area contributed by atoms with E-state index in [4.69, 9.17) is 4.74 Å². The average Bonchev–Trinajstić information content (AvgIpc) is 2.25. The number of methoxy groups -OCH3 is 1. The number of esters is 1. The lowest BCUT2D eigenvalue weighted by Crippen LogP contribution is -2.41. The van der Waals surface area contributed by atoms with Crippen LogP contribution in [0.2, 0.25) is 0 Å². The molecule has 1 aromatic rings. The maximum absolute atomic E-state index is 13.5. The van der Waals surface area contributed by atoms with Crippen molar-refractivity contribution in [2.24, 2.45) is 5.41 Å². The van der Waals surface area contributed by atoms with Gasteiger partial charge in [-0.2, -0.15) is 0 Å². The van der Waals surface area contributed by atoms with Gasteiger partial charge in [-0.15, -0.1) is 0 Å². The minimum Gasteiger partial charge on any atom is -0.469 e. The van der Waals surface area contributed by atoms with Crippen molar-refractivity contribution in [3.63, 3.8) is 0 Å². The fourth-order valence-electron chi connectivity index (χ4n) is 2.30. The number of carbonyl (C=O) groups excluding carboxylic acids is 1. The Morgan fingerprint density at radius 1 is 1.41 bits per heavy atom. The first-order chi connectivity index (χ1) is 8.07. The Bertz CT molecular complexity index is 439. The van der Waals surface area contributed by atoms with E-state index in [0.717, 1.165) is 12.5 Å². The Morgan fingerprint density at radius 2 is 2.12 bits per heavy atom. The highest BCUT2D eigenvalue weighted by molar-refractivity contribution is 5.78. The summed E-state index contributed by atoms with van der Waals surface area (Å²) in [5.74, 6) is -1.50. The van der Waals surface area contributed by atoms with E-state index in [1.807, 2.05) is 0 Å². The normalized spacial score (nSPS) is 17.4. The molecular weight excluding hydrogens is 226 g/mol. The van der Waals surface area contributed by atoms with Gasteiger partial charge in [0.1, 0.15) is 11.6 Å². The van der Waals surface area contributed by atoms with Crippen molar-refractivity contribution in [2.45, 2.75) is 25.7 Å². The van der Waals surface area contributed by atoms with Gasteiger partial charge < -0.3 is 4.74 Å². The standard InChI is InChI=1S/C13H14F2O2/c1-17-12(16)13(5-2-6-13)8-9-3-4-10(14)7-11(9)15/h3-4,7H,2,5-6,8H2,1H3. The summed E-state index contributed by atoms with van der Waals surface area (Å²) in [5, 5.41) is 0. The fraction of sp³-hybridized carbons (Fsp3) is 0.462. The van der Waals surface area contributed by atoms with E-state index in [1.54, 1.807) is 0 Å². The fourth-order valence-corrected chi connectivity index (χ4v) is 2.30. The Hall–Kier alpha value is -1.45. The predicted molar refractivity (Wildman–Crippen MR) is 58.4 cm³/mol. The summed E-state index contributed by atoms with van der Waals surface area (Å²) in [6, 6.07) is 3.45. The summed E-state index contributed by atoms with van der Waals surface area (Å²) < 4.78 is 31.0. The van der Waals surface area contributed by atoms with Crippen molar-refractivity contribution < 1.29 is 18.3 Å². The number of rotatable bonds is 3. The summed E-state index contributed by atoms with van der Waals surface area (Å²) in [6.45, 7) is 0. The quantitative estimate of drug-likeness (QED) is 0.759. The van der Waals surface area contributed by atoms with Crippen LogP contribution in [0.15, 0.2) is 18.2 Å². The minimum absolute atomic E-state index is 0.284. The topological polar surface area (TPSA) is 26.3 Å². The molecule has 4 heteroatoms. The first-order valence-corrected chi connectivity index (χ1v) is 5.60. The number of hydrogen-bond donors (Lipinski definition) is 0. The molecule has 1 fully saturated rings. The van der Waals surface area contributed by atoms with Crippen molar-refractivity contribution in [1.82, 2.24) is 0 Å². The van der Waals surface area contributed by atoms with E-state index in [0.29, 0.717) is 18.4 Å². The molecule has 0 heterocycles. The van der Waals surface area contributed by atoms with E-state index in [2.05, 4.69) is 0 Å². The van der Waals surface area contributed by atoms with Crippen LogP contribution in [-0.4, -0.2) is 13.1 Å². The van der Waals surface area contributed by atoms with Crippen LogP contribution in [0.3, 0.4) is 0 Å². The van der Waals surface area contributed by atoms with Crippen LogP contribution in [0, 0.1) is 17.0 Å². The van der Waals surface area contributed by atoms with Crippen molar-refractivity contribution in [3.05, 3.63) is 35.4 Å². The smallest absolute Gasteiger partial charge is 0.312 e. The van der Waals surface area contributed by atoms with Gasteiger partial charge >= 0.3 is 5.97 Å². The van der Waals surface area contributed by atoms with Gasteiger partial charge in [0.25, 0.3) is 0 Å². The molecule has 1 aliphatic rings. The van der Waals surface area contributed by atoms with Crippen LogP contribution in [-0.2, 0) is 16.0 Å². The molecular formula is C13H14F2O2. The second kappa shape index (κ2) is 4.43. The molecule has 0 aromatic heterocycles. The van der Waals surface area contributed by atoms with Crippen LogP contribution in [0.25, 0.3) is 0 Å². The molecule has 0 aliphatic heterocycles. The third-order valence-corrected chi connectivity index (χ3v) is 3.47. The number of ether oxygens (including phenoxy) is 1. The van der Waals surface area contributed by atoms with Crippen LogP contribution < -0.4 is 0 Å². The van der Waals surface area contributed by atoms with Gasteiger partial charge in [-0.1, -0.05) is 12.5 Å². The molecule has 2 nitrogen and oxygen atoms in total. The maximum atomic E-state index is 13.5. The van der Waals surface area contributed by atoms with E-state index < -0.39 is 17.0 Å². The van der Waals surface area contributed by atoms with Gasteiger partial charge in [-0.3, -0.25) is 4.79 Å². The molecule has 0 saturated heterocycles. The third-order valence-electron chi connectivity index (χ3n) is 3.47. The highest BCUT2D eigenvalue weighted by Gasteiger charge is 2.45. The molecule has 0 radical (unpaired) electrons. The Balaban J connectivity index is 2.21. The molecule has 2 rings (SSSR count). The monoisotopic (exact) mass is 240 g/mol. The van der Waals surface area contributed by atoms with Gasteiger partial charge in [-0.25, -0.2) is 8.78 Å². The van der Waals surface area contributed by atoms with Gasteiger partial charge in [0.15, 0.2) is 0 Å². The molecule has 92 valence electrons.